The molecule has 5 nitrogen and oxygen atoms in total. The number of ether oxygens (including phenoxy) is 2. The number of carbonyl (C=O) groups is 2. The summed E-state index contributed by atoms with van der Waals surface area (Å²) in [5.74, 6) is -0.377. The number of carboxylic acid groups (broad SMARTS) is 1. The highest BCUT2D eigenvalue weighted by atomic mass is 79.9. The molecule has 2 aromatic rings. The summed E-state index contributed by atoms with van der Waals surface area (Å²) in [7, 11) is 0. The summed E-state index contributed by atoms with van der Waals surface area (Å²) in [5.41, 5.74) is 1.26. The van der Waals surface area contributed by atoms with Crippen molar-refractivity contribution in [3.05, 3.63) is 63.8 Å². The van der Waals surface area contributed by atoms with Gasteiger partial charge in [-0.1, -0.05) is 28.1 Å². The van der Waals surface area contributed by atoms with E-state index in [9.17, 15) is 9.59 Å². The quantitative estimate of drug-likeness (QED) is 0.828. The zero-order valence-electron chi connectivity index (χ0n) is 11.8. The van der Waals surface area contributed by atoms with E-state index in [0.29, 0.717) is 17.1 Å². The third kappa shape index (κ3) is 3.43. The van der Waals surface area contributed by atoms with Crippen LogP contribution in [0.3, 0.4) is 0 Å². The van der Waals surface area contributed by atoms with Crippen molar-refractivity contribution < 1.29 is 24.2 Å². The van der Waals surface area contributed by atoms with Crippen LogP contribution in [0.4, 0.5) is 0 Å². The highest BCUT2D eigenvalue weighted by Gasteiger charge is 2.27. The van der Waals surface area contributed by atoms with Gasteiger partial charge >= 0.3 is 5.97 Å². The Morgan fingerprint density at radius 2 is 2.09 bits per heavy atom. The summed E-state index contributed by atoms with van der Waals surface area (Å²) in [6, 6.07) is 12.1. The topological polar surface area (TPSA) is 72.8 Å². The van der Waals surface area contributed by atoms with Crippen LogP contribution in [0.25, 0.3) is 6.08 Å². The van der Waals surface area contributed by atoms with Crippen LogP contribution in [0.2, 0.25) is 0 Å². The van der Waals surface area contributed by atoms with E-state index in [-0.39, 0.29) is 11.5 Å². The molecule has 0 unspecified atom stereocenters. The maximum atomic E-state index is 12.3. The predicted octanol–water partition coefficient (Wildman–Crippen LogP) is 3.53. The number of carbonyl (C=O) groups excluding carboxylic acids is 1. The van der Waals surface area contributed by atoms with Crippen LogP contribution in [0.1, 0.15) is 15.9 Å². The second kappa shape index (κ2) is 6.26. The lowest BCUT2D eigenvalue weighted by Crippen LogP contribution is -2.09. The third-order valence-electron chi connectivity index (χ3n) is 3.15. The second-order valence-electron chi connectivity index (χ2n) is 4.84. The SMILES string of the molecule is O=C(O)COc1ccc2c(c1)OC(=Cc1cccc(Br)c1)C2=O. The van der Waals surface area contributed by atoms with Crippen molar-refractivity contribution in [3.63, 3.8) is 0 Å². The van der Waals surface area contributed by atoms with E-state index < -0.39 is 12.6 Å². The number of benzene rings is 2. The number of hydrogen-bond acceptors (Lipinski definition) is 4. The first-order valence-electron chi connectivity index (χ1n) is 6.71. The number of hydrogen-bond donors (Lipinski definition) is 1. The monoisotopic (exact) mass is 374 g/mol. The predicted molar refractivity (Wildman–Crippen MR) is 86.7 cm³/mol. The molecule has 0 saturated carbocycles. The minimum Gasteiger partial charge on any atom is -0.482 e. The average Bonchev–Trinajstić information content (AvgIpc) is 2.81. The minimum atomic E-state index is -1.07. The average molecular weight is 375 g/mol. The normalized spacial score (nSPS) is 14.5. The zero-order valence-corrected chi connectivity index (χ0v) is 13.4. The lowest BCUT2D eigenvalue weighted by Gasteiger charge is -2.04. The first-order chi connectivity index (χ1) is 11.0. The van der Waals surface area contributed by atoms with Crippen molar-refractivity contribution in [1.82, 2.24) is 0 Å². The van der Waals surface area contributed by atoms with Gasteiger partial charge in [-0.15, -0.1) is 0 Å². The number of carboxylic acids is 1. The molecule has 0 saturated heterocycles. The Labute approximate surface area is 140 Å². The molecule has 0 radical (unpaired) electrons. The Morgan fingerprint density at radius 1 is 1.26 bits per heavy atom. The van der Waals surface area contributed by atoms with Crippen LogP contribution < -0.4 is 9.47 Å². The molecule has 6 heteroatoms. The Bertz CT molecular complexity index is 825. The van der Waals surface area contributed by atoms with Gasteiger partial charge in [0.15, 0.2) is 12.4 Å². The van der Waals surface area contributed by atoms with Crippen LogP contribution >= 0.6 is 15.9 Å². The molecule has 1 N–H and O–H groups in total. The summed E-state index contributed by atoms with van der Waals surface area (Å²) in [6.45, 7) is -0.451. The molecule has 0 aliphatic carbocycles. The van der Waals surface area contributed by atoms with Crippen LogP contribution in [0.5, 0.6) is 11.5 Å². The van der Waals surface area contributed by atoms with Gasteiger partial charge in [0.05, 0.1) is 5.56 Å². The molecular formula is C17H11BrO5. The molecule has 0 amide bonds. The first kappa shape index (κ1) is 15.3. The molecule has 0 bridgehead atoms. The maximum absolute atomic E-state index is 12.3. The van der Waals surface area contributed by atoms with Crippen molar-refractivity contribution in [2.75, 3.05) is 6.61 Å². The molecule has 2 aromatic carbocycles. The number of halogens is 1. The van der Waals surface area contributed by atoms with Crippen molar-refractivity contribution in [2.45, 2.75) is 0 Å². The summed E-state index contributed by atoms with van der Waals surface area (Å²) in [4.78, 5) is 22.8. The van der Waals surface area contributed by atoms with Gasteiger partial charge in [0.25, 0.3) is 0 Å². The van der Waals surface area contributed by atoms with Crippen molar-refractivity contribution in [3.8, 4) is 11.5 Å². The van der Waals surface area contributed by atoms with Gasteiger partial charge in [0.1, 0.15) is 11.5 Å². The van der Waals surface area contributed by atoms with E-state index in [0.717, 1.165) is 10.0 Å². The molecule has 116 valence electrons. The number of fused-ring (bicyclic) bond motifs is 1. The Kier molecular flexibility index (Phi) is 4.16. The van der Waals surface area contributed by atoms with E-state index in [4.69, 9.17) is 14.6 Å². The van der Waals surface area contributed by atoms with E-state index in [1.807, 2.05) is 24.3 Å². The van der Waals surface area contributed by atoms with Crippen LogP contribution in [-0.4, -0.2) is 23.5 Å². The van der Waals surface area contributed by atoms with Gasteiger partial charge in [-0.2, -0.15) is 0 Å². The van der Waals surface area contributed by atoms with Gasteiger partial charge in [0, 0.05) is 10.5 Å². The summed E-state index contributed by atoms with van der Waals surface area (Å²) in [5, 5.41) is 8.62. The van der Waals surface area contributed by atoms with Gasteiger partial charge in [0.2, 0.25) is 5.78 Å². The van der Waals surface area contributed by atoms with Crippen LogP contribution in [0.15, 0.2) is 52.7 Å². The fraction of sp³-hybridized carbons (Fsp3) is 0.0588. The maximum Gasteiger partial charge on any atom is 0.341 e. The Morgan fingerprint density at radius 3 is 2.83 bits per heavy atom. The van der Waals surface area contributed by atoms with Crippen molar-refractivity contribution in [2.24, 2.45) is 0 Å². The molecule has 0 spiro atoms. The highest BCUT2D eigenvalue weighted by Crippen LogP contribution is 2.35. The van der Waals surface area contributed by atoms with E-state index in [2.05, 4.69) is 15.9 Å². The Balaban J connectivity index is 1.85. The fourth-order valence-electron chi connectivity index (χ4n) is 2.15. The van der Waals surface area contributed by atoms with Gasteiger partial charge in [-0.25, -0.2) is 4.79 Å². The second-order valence-corrected chi connectivity index (χ2v) is 5.75. The molecule has 1 aliphatic rings. The molecule has 0 atom stereocenters. The number of aliphatic carboxylic acids is 1. The molecular weight excluding hydrogens is 364 g/mol. The smallest absolute Gasteiger partial charge is 0.341 e. The summed E-state index contributed by atoms with van der Waals surface area (Å²) >= 11 is 3.37. The largest absolute Gasteiger partial charge is 0.482 e. The fourth-order valence-corrected chi connectivity index (χ4v) is 2.57. The van der Waals surface area contributed by atoms with Gasteiger partial charge < -0.3 is 14.6 Å². The van der Waals surface area contributed by atoms with Crippen molar-refractivity contribution in [1.29, 1.82) is 0 Å². The summed E-state index contributed by atoms with van der Waals surface area (Å²) < 4.78 is 11.6. The molecule has 23 heavy (non-hydrogen) atoms. The lowest BCUT2D eigenvalue weighted by molar-refractivity contribution is -0.139. The summed E-state index contributed by atoms with van der Waals surface area (Å²) in [6.07, 6.45) is 1.66. The highest BCUT2D eigenvalue weighted by molar-refractivity contribution is 9.10. The Hall–Kier alpha value is -2.60. The molecule has 3 rings (SSSR count). The third-order valence-corrected chi connectivity index (χ3v) is 3.64. The van der Waals surface area contributed by atoms with E-state index in [1.54, 1.807) is 18.2 Å². The van der Waals surface area contributed by atoms with Gasteiger partial charge in [-0.05, 0) is 35.9 Å². The molecule has 1 aliphatic heterocycles. The standard InChI is InChI=1S/C17H11BrO5/c18-11-3-1-2-10(6-11)7-15-17(21)13-5-4-12(8-14(13)23-15)22-9-16(19)20/h1-8H,9H2,(H,19,20). The number of rotatable bonds is 4. The number of Topliss-reactive ketones (excluding diaryl/α,β-unsaturated/α-hetero) is 1. The number of ketones is 1. The molecule has 0 aromatic heterocycles. The lowest BCUT2D eigenvalue weighted by atomic mass is 10.1. The van der Waals surface area contributed by atoms with Crippen LogP contribution in [0, 0.1) is 0 Å². The van der Waals surface area contributed by atoms with E-state index >= 15 is 0 Å². The molecule has 1 heterocycles. The number of allylic oxidation sites excluding steroid dienone is 1. The van der Waals surface area contributed by atoms with Gasteiger partial charge in [-0.3, -0.25) is 4.79 Å². The minimum absolute atomic E-state index is 0.216. The first-order valence-corrected chi connectivity index (χ1v) is 7.51. The van der Waals surface area contributed by atoms with Crippen LogP contribution in [-0.2, 0) is 4.79 Å². The zero-order chi connectivity index (χ0) is 16.4. The van der Waals surface area contributed by atoms with E-state index in [1.165, 1.54) is 6.07 Å². The van der Waals surface area contributed by atoms with Crippen molar-refractivity contribution >= 4 is 33.8 Å². The molecule has 0 fully saturated rings.